The van der Waals surface area contributed by atoms with Crippen LogP contribution < -0.4 is 10.6 Å². The van der Waals surface area contributed by atoms with Gasteiger partial charge in [0.15, 0.2) is 0 Å². The number of carbonyl (C=O) groups is 2. The van der Waals surface area contributed by atoms with Crippen LogP contribution in [0, 0.1) is 11.7 Å². The van der Waals surface area contributed by atoms with Crippen molar-refractivity contribution in [3.05, 3.63) is 66.0 Å². The van der Waals surface area contributed by atoms with Gasteiger partial charge >= 0.3 is 6.03 Å². The summed E-state index contributed by atoms with van der Waals surface area (Å²) in [4.78, 5) is 27.5. The lowest BCUT2D eigenvalue weighted by molar-refractivity contribution is -0.130. The molecule has 0 atom stereocenters. The van der Waals surface area contributed by atoms with Crippen LogP contribution in [-0.2, 0) is 14.9 Å². The Morgan fingerprint density at radius 2 is 1.66 bits per heavy atom. The molecule has 2 aromatic rings. The lowest BCUT2D eigenvalue weighted by Crippen LogP contribution is -2.50. The summed E-state index contributed by atoms with van der Waals surface area (Å²) in [7, 11) is 0. The Labute approximate surface area is 188 Å². The number of piperidine rings is 1. The van der Waals surface area contributed by atoms with E-state index in [-0.39, 0.29) is 17.8 Å². The van der Waals surface area contributed by atoms with E-state index in [1.54, 1.807) is 17.0 Å². The van der Waals surface area contributed by atoms with Crippen LogP contribution in [-0.4, -0.2) is 49.7 Å². The monoisotopic (exact) mass is 439 g/mol. The number of hydrogen-bond donors (Lipinski definition) is 2. The second kappa shape index (κ2) is 10.1. The fourth-order valence-electron chi connectivity index (χ4n) is 4.61. The molecular weight excluding hydrogens is 409 g/mol. The van der Waals surface area contributed by atoms with E-state index in [9.17, 15) is 14.0 Å². The Kier molecular flexibility index (Phi) is 7.05. The molecule has 0 aromatic heterocycles. The molecule has 2 aromatic carbocycles. The van der Waals surface area contributed by atoms with Gasteiger partial charge < -0.3 is 20.3 Å². The highest BCUT2D eigenvalue weighted by Crippen LogP contribution is 2.35. The normalized spacial score (nSPS) is 18.7. The first-order valence-electron chi connectivity index (χ1n) is 11.3. The van der Waals surface area contributed by atoms with Gasteiger partial charge in [0, 0.05) is 38.5 Å². The average Bonchev–Trinajstić information content (AvgIpc) is 2.85. The molecule has 0 spiro atoms. The van der Waals surface area contributed by atoms with Gasteiger partial charge in [-0.1, -0.05) is 30.3 Å². The van der Waals surface area contributed by atoms with E-state index in [2.05, 4.69) is 10.6 Å². The molecule has 0 radical (unpaired) electrons. The number of carbonyl (C=O) groups excluding carboxylic acids is 2. The van der Waals surface area contributed by atoms with Crippen molar-refractivity contribution in [1.82, 2.24) is 10.2 Å². The minimum absolute atomic E-state index is 0.0727. The maximum absolute atomic E-state index is 13.3. The maximum atomic E-state index is 13.3. The number of likely N-dealkylation sites (tertiary alicyclic amines) is 1. The standard InChI is InChI=1S/C25H30FN3O3/c26-21-6-8-22(9-7-21)28-24(31)29-14-10-19(11-15-29)18-27-23(30)25(12-16-32-17-13-25)20-4-2-1-3-5-20/h1-9,19H,10-18H2,(H,27,30)(H,28,31). The van der Waals surface area contributed by atoms with E-state index in [1.165, 1.54) is 12.1 Å². The van der Waals surface area contributed by atoms with Gasteiger partial charge in [0.05, 0.1) is 5.41 Å². The average molecular weight is 440 g/mol. The fraction of sp³-hybridized carbons (Fsp3) is 0.440. The van der Waals surface area contributed by atoms with Gasteiger partial charge in [-0.15, -0.1) is 0 Å². The van der Waals surface area contributed by atoms with E-state index >= 15 is 0 Å². The van der Waals surface area contributed by atoms with Gasteiger partial charge in [-0.2, -0.15) is 0 Å². The topological polar surface area (TPSA) is 70.7 Å². The number of ether oxygens (including phenoxy) is 1. The van der Waals surface area contributed by atoms with Crippen molar-refractivity contribution in [2.24, 2.45) is 5.92 Å². The molecule has 2 saturated heterocycles. The predicted octanol–water partition coefficient (Wildman–Crippen LogP) is 3.93. The van der Waals surface area contributed by atoms with E-state index in [0.717, 1.165) is 18.4 Å². The second-order valence-corrected chi connectivity index (χ2v) is 8.64. The largest absolute Gasteiger partial charge is 0.381 e. The van der Waals surface area contributed by atoms with Crippen LogP contribution in [0.3, 0.4) is 0 Å². The van der Waals surface area contributed by atoms with Crippen molar-refractivity contribution in [3.63, 3.8) is 0 Å². The Morgan fingerprint density at radius 1 is 1.00 bits per heavy atom. The van der Waals surface area contributed by atoms with Crippen LogP contribution in [0.5, 0.6) is 0 Å². The van der Waals surface area contributed by atoms with Crippen molar-refractivity contribution in [2.75, 3.05) is 38.2 Å². The van der Waals surface area contributed by atoms with E-state index in [0.29, 0.717) is 57.3 Å². The number of rotatable bonds is 5. The number of halogens is 1. The third-order valence-electron chi connectivity index (χ3n) is 6.66. The van der Waals surface area contributed by atoms with Gasteiger partial charge in [0.2, 0.25) is 5.91 Å². The summed E-state index contributed by atoms with van der Waals surface area (Å²) in [6.07, 6.45) is 3.03. The number of anilines is 1. The molecule has 32 heavy (non-hydrogen) atoms. The Morgan fingerprint density at radius 3 is 2.31 bits per heavy atom. The number of nitrogens with one attached hydrogen (secondary N) is 2. The molecule has 170 valence electrons. The minimum atomic E-state index is -0.532. The lowest BCUT2D eigenvalue weighted by Gasteiger charge is -2.37. The molecule has 7 heteroatoms. The molecule has 0 saturated carbocycles. The number of amides is 3. The van der Waals surface area contributed by atoms with Gasteiger partial charge in [0.25, 0.3) is 0 Å². The Bertz CT molecular complexity index is 906. The van der Waals surface area contributed by atoms with Crippen LogP contribution >= 0.6 is 0 Å². The van der Waals surface area contributed by atoms with Gasteiger partial charge in [-0.3, -0.25) is 4.79 Å². The van der Waals surface area contributed by atoms with E-state index < -0.39 is 5.41 Å². The number of benzene rings is 2. The molecule has 0 unspecified atom stereocenters. The summed E-state index contributed by atoms with van der Waals surface area (Å²) in [5.41, 5.74) is 1.09. The first-order chi connectivity index (χ1) is 15.6. The maximum Gasteiger partial charge on any atom is 0.321 e. The first-order valence-corrected chi connectivity index (χ1v) is 11.3. The smallest absolute Gasteiger partial charge is 0.321 e. The van der Waals surface area contributed by atoms with Crippen LogP contribution in [0.2, 0.25) is 0 Å². The van der Waals surface area contributed by atoms with E-state index in [4.69, 9.17) is 4.74 Å². The molecule has 4 rings (SSSR count). The zero-order valence-corrected chi connectivity index (χ0v) is 18.2. The first kappa shape index (κ1) is 22.3. The summed E-state index contributed by atoms with van der Waals surface area (Å²) < 4.78 is 18.6. The quantitative estimate of drug-likeness (QED) is 0.742. The highest BCUT2D eigenvalue weighted by Gasteiger charge is 2.41. The molecule has 0 bridgehead atoms. The summed E-state index contributed by atoms with van der Waals surface area (Å²) >= 11 is 0. The SMILES string of the molecule is O=C(Nc1ccc(F)cc1)N1CCC(CNC(=O)C2(c3ccccc3)CCOCC2)CC1. The molecule has 2 aliphatic heterocycles. The second-order valence-electron chi connectivity index (χ2n) is 8.64. The van der Waals surface area contributed by atoms with Gasteiger partial charge in [0.1, 0.15) is 5.82 Å². The van der Waals surface area contributed by atoms with Crippen molar-refractivity contribution in [1.29, 1.82) is 0 Å². The molecule has 6 nitrogen and oxygen atoms in total. The number of hydrogen-bond acceptors (Lipinski definition) is 3. The highest BCUT2D eigenvalue weighted by molar-refractivity contribution is 5.89. The zero-order valence-electron chi connectivity index (χ0n) is 18.2. The van der Waals surface area contributed by atoms with E-state index in [1.807, 2.05) is 30.3 Å². The van der Waals surface area contributed by atoms with Crippen molar-refractivity contribution in [2.45, 2.75) is 31.1 Å². The summed E-state index contributed by atoms with van der Waals surface area (Å²) in [5, 5.41) is 6.01. The molecule has 2 heterocycles. The van der Waals surface area contributed by atoms with Crippen molar-refractivity contribution >= 4 is 17.6 Å². The molecular formula is C25H30FN3O3. The summed E-state index contributed by atoms with van der Waals surface area (Å²) in [6, 6.07) is 15.6. The zero-order chi connectivity index (χ0) is 22.4. The third kappa shape index (κ3) is 5.10. The van der Waals surface area contributed by atoms with Crippen LogP contribution in [0.15, 0.2) is 54.6 Å². The minimum Gasteiger partial charge on any atom is -0.381 e. The molecule has 3 amide bonds. The van der Waals surface area contributed by atoms with Crippen LogP contribution in [0.25, 0.3) is 0 Å². The molecule has 0 aliphatic carbocycles. The Balaban J connectivity index is 1.28. The summed E-state index contributed by atoms with van der Waals surface area (Å²) in [6.45, 7) is 3.05. The molecule has 2 aliphatic rings. The van der Waals surface area contributed by atoms with Crippen LogP contribution in [0.4, 0.5) is 14.9 Å². The third-order valence-corrected chi connectivity index (χ3v) is 6.66. The lowest BCUT2D eigenvalue weighted by atomic mass is 9.73. The van der Waals surface area contributed by atoms with Gasteiger partial charge in [-0.05, 0) is 61.4 Å². The number of nitrogens with zero attached hydrogens (tertiary/aromatic N) is 1. The predicted molar refractivity (Wildman–Crippen MR) is 121 cm³/mol. The number of urea groups is 1. The summed E-state index contributed by atoms with van der Waals surface area (Å²) in [5.74, 6) is 0.0747. The van der Waals surface area contributed by atoms with Crippen molar-refractivity contribution in [3.8, 4) is 0 Å². The Hall–Kier alpha value is -2.93. The van der Waals surface area contributed by atoms with Crippen molar-refractivity contribution < 1.29 is 18.7 Å². The fourth-order valence-corrected chi connectivity index (χ4v) is 4.61. The van der Waals surface area contributed by atoms with Gasteiger partial charge in [-0.25, -0.2) is 9.18 Å². The molecule has 2 N–H and O–H groups in total. The highest BCUT2D eigenvalue weighted by atomic mass is 19.1. The molecule has 2 fully saturated rings. The van der Waals surface area contributed by atoms with Crippen LogP contribution in [0.1, 0.15) is 31.2 Å².